The summed E-state index contributed by atoms with van der Waals surface area (Å²) in [5.74, 6) is -4.43. The zero-order valence-corrected chi connectivity index (χ0v) is 19.1. The Kier molecular flexibility index (Phi) is 6.24. The summed E-state index contributed by atoms with van der Waals surface area (Å²) in [7, 11) is 1.58. The summed E-state index contributed by atoms with van der Waals surface area (Å²) in [5, 5.41) is 59.8. The van der Waals surface area contributed by atoms with Crippen LogP contribution in [-0.2, 0) is 4.65 Å². The molecule has 3 aromatic rings. The third-order valence-corrected chi connectivity index (χ3v) is 5.92. The fourth-order valence-corrected chi connectivity index (χ4v) is 3.01. The van der Waals surface area contributed by atoms with Crippen LogP contribution in [0.3, 0.4) is 0 Å². The second-order valence-electron chi connectivity index (χ2n) is 8.93. The van der Waals surface area contributed by atoms with E-state index in [0.717, 1.165) is 11.0 Å². The third-order valence-electron chi connectivity index (χ3n) is 5.92. The molecule has 0 saturated heterocycles. The maximum absolute atomic E-state index is 10.2. The van der Waals surface area contributed by atoms with Gasteiger partial charge in [-0.05, 0) is 46.2 Å². The number of phenolic OH excluding ortho intramolecular Hbond substituents is 5. The van der Waals surface area contributed by atoms with Crippen LogP contribution in [0.4, 0.5) is 0 Å². The Morgan fingerprint density at radius 3 is 1.82 bits per heavy atom. The normalized spacial score (nSPS) is 12.1. The molecule has 3 rings (SSSR count). The van der Waals surface area contributed by atoms with E-state index < -0.39 is 39.9 Å². The molecule has 8 nitrogen and oxygen atoms in total. The quantitative estimate of drug-likeness (QED) is 0.190. The van der Waals surface area contributed by atoms with Crippen LogP contribution in [0, 0.1) is 6.92 Å². The van der Waals surface area contributed by atoms with Crippen LogP contribution >= 0.6 is 0 Å². The van der Waals surface area contributed by atoms with Gasteiger partial charge in [-0.1, -0.05) is 29.7 Å². The second kappa shape index (κ2) is 8.49. The first-order chi connectivity index (χ1) is 15.2. The van der Waals surface area contributed by atoms with Crippen LogP contribution in [0.2, 0.25) is 0 Å². The van der Waals surface area contributed by atoms with Crippen molar-refractivity contribution in [3.8, 4) is 51.1 Å². The summed E-state index contributed by atoms with van der Waals surface area (Å²) in [5.41, 5.74) is 1.03. The number of rotatable bonds is 6. The number of nitrogens with zero attached hydrogens (tertiary/aromatic N) is 1. The Morgan fingerprint density at radius 2 is 1.33 bits per heavy atom. The first-order valence-corrected chi connectivity index (χ1v) is 10.2. The van der Waals surface area contributed by atoms with Crippen molar-refractivity contribution in [1.82, 2.24) is 4.98 Å². The molecule has 1 aromatic heterocycles. The lowest BCUT2D eigenvalue weighted by Gasteiger charge is -2.37. The lowest BCUT2D eigenvalue weighted by Crippen LogP contribution is -2.49. The Morgan fingerprint density at radius 1 is 0.818 bits per heavy atom. The van der Waals surface area contributed by atoms with Crippen molar-refractivity contribution in [3.63, 3.8) is 0 Å². The minimum Gasteiger partial charge on any atom is -0.504 e. The van der Waals surface area contributed by atoms with Gasteiger partial charge in [-0.2, -0.15) is 0 Å². The standard InChI is InChI=1S/C24H27BNO7/c1-12-10-16(13-6-8-14(9-7-13)25-33-24(4,5)23(2,3)32)26-11-15(12)17-18(27)20(29)22(31)21(30)19(17)28/h6-11,27-32H,1-5H3. The van der Waals surface area contributed by atoms with Crippen LogP contribution in [0.25, 0.3) is 22.4 Å². The first kappa shape index (κ1) is 24.2. The maximum atomic E-state index is 10.2. The largest absolute Gasteiger partial charge is 0.504 e. The lowest BCUT2D eigenvalue weighted by atomic mass is 9.82. The number of aliphatic hydroxyl groups is 1. The van der Waals surface area contributed by atoms with E-state index in [-0.39, 0.29) is 11.1 Å². The van der Waals surface area contributed by atoms with Crippen molar-refractivity contribution < 1.29 is 35.3 Å². The first-order valence-electron chi connectivity index (χ1n) is 10.2. The van der Waals surface area contributed by atoms with Gasteiger partial charge in [-0.15, -0.1) is 0 Å². The molecule has 0 atom stereocenters. The summed E-state index contributed by atoms with van der Waals surface area (Å²) in [6.45, 7) is 8.68. The Bertz CT molecular complexity index is 1160. The van der Waals surface area contributed by atoms with Gasteiger partial charge in [0.25, 0.3) is 0 Å². The molecular formula is C24H27BNO7. The molecule has 0 saturated carbocycles. The average Bonchev–Trinajstić information content (AvgIpc) is 2.75. The molecule has 0 bridgehead atoms. The summed E-state index contributed by atoms with van der Waals surface area (Å²) in [6, 6.07) is 9.10. The molecule has 0 aliphatic carbocycles. The van der Waals surface area contributed by atoms with Gasteiger partial charge in [-0.3, -0.25) is 4.98 Å². The predicted octanol–water partition coefficient (Wildman–Crippen LogP) is 3.06. The number of benzene rings is 2. The van der Waals surface area contributed by atoms with Crippen LogP contribution in [0.5, 0.6) is 28.7 Å². The van der Waals surface area contributed by atoms with Gasteiger partial charge in [0.1, 0.15) is 0 Å². The van der Waals surface area contributed by atoms with E-state index in [1.165, 1.54) is 6.20 Å². The molecule has 33 heavy (non-hydrogen) atoms. The summed E-state index contributed by atoms with van der Waals surface area (Å²) < 4.78 is 5.76. The van der Waals surface area contributed by atoms with Gasteiger partial charge in [0.05, 0.1) is 22.5 Å². The van der Waals surface area contributed by atoms with Crippen molar-refractivity contribution in [1.29, 1.82) is 0 Å². The van der Waals surface area contributed by atoms with E-state index in [4.69, 9.17) is 4.65 Å². The van der Waals surface area contributed by atoms with Crippen LogP contribution in [0.15, 0.2) is 36.5 Å². The highest BCUT2D eigenvalue weighted by atomic mass is 16.5. The SMILES string of the molecule is Cc1cc(-c2ccc([B]OC(C)(C)C(C)(C)O)cc2)ncc1-c1c(O)c(O)c(O)c(O)c1O. The molecule has 6 N–H and O–H groups in total. The molecule has 0 fully saturated rings. The Balaban J connectivity index is 1.87. The van der Waals surface area contributed by atoms with Gasteiger partial charge in [0.15, 0.2) is 11.5 Å². The van der Waals surface area contributed by atoms with Gasteiger partial charge in [0.2, 0.25) is 17.2 Å². The highest BCUT2D eigenvalue weighted by Crippen LogP contribution is 2.55. The minimum atomic E-state index is -1.03. The molecular weight excluding hydrogens is 425 g/mol. The predicted molar refractivity (Wildman–Crippen MR) is 125 cm³/mol. The minimum absolute atomic E-state index is 0.240. The van der Waals surface area contributed by atoms with E-state index in [9.17, 15) is 30.6 Å². The highest BCUT2D eigenvalue weighted by Gasteiger charge is 2.35. The molecule has 173 valence electrons. The van der Waals surface area contributed by atoms with Crippen LogP contribution in [0.1, 0.15) is 33.3 Å². The van der Waals surface area contributed by atoms with E-state index in [0.29, 0.717) is 11.3 Å². The number of hydrogen-bond donors (Lipinski definition) is 6. The zero-order chi connectivity index (χ0) is 24.7. The second-order valence-corrected chi connectivity index (χ2v) is 8.93. The van der Waals surface area contributed by atoms with E-state index in [1.54, 1.807) is 48.2 Å². The van der Waals surface area contributed by atoms with E-state index in [2.05, 4.69) is 4.98 Å². The van der Waals surface area contributed by atoms with Crippen molar-refractivity contribution in [2.45, 2.75) is 45.8 Å². The van der Waals surface area contributed by atoms with Crippen molar-refractivity contribution in [3.05, 3.63) is 42.1 Å². The molecule has 0 amide bonds. The molecule has 0 spiro atoms. The molecule has 1 heterocycles. The van der Waals surface area contributed by atoms with Crippen molar-refractivity contribution in [2.24, 2.45) is 0 Å². The van der Waals surface area contributed by atoms with Crippen molar-refractivity contribution in [2.75, 3.05) is 0 Å². The van der Waals surface area contributed by atoms with Crippen LogP contribution in [-0.4, -0.2) is 54.3 Å². The number of aryl methyl sites for hydroxylation is 1. The number of hydrogen-bond acceptors (Lipinski definition) is 8. The van der Waals surface area contributed by atoms with E-state index in [1.807, 2.05) is 24.3 Å². The van der Waals surface area contributed by atoms with E-state index >= 15 is 0 Å². The summed E-state index contributed by atoms with van der Waals surface area (Å²) in [4.78, 5) is 4.37. The fourth-order valence-electron chi connectivity index (χ4n) is 3.01. The smallest absolute Gasteiger partial charge is 0.330 e. The highest BCUT2D eigenvalue weighted by molar-refractivity contribution is 6.47. The van der Waals surface area contributed by atoms with Crippen LogP contribution < -0.4 is 5.46 Å². The third kappa shape index (κ3) is 4.55. The molecule has 1 radical (unpaired) electrons. The number of aromatic nitrogens is 1. The summed E-state index contributed by atoms with van der Waals surface area (Å²) >= 11 is 0. The number of pyridine rings is 1. The molecule has 0 aliphatic rings. The van der Waals surface area contributed by atoms with Gasteiger partial charge >= 0.3 is 7.48 Å². The average molecular weight is 452 g/mol. The molecule has 0 unspecified atom stereocenters. The fraction of sp³-hybridized carbons (Fsp3) is 0.292. The Labute approximate surface area is 192 Å². The Hall–Kier alpha value is -3.43. The molecule has 2 aromatic carbocycles. The molecule has 0 aliphatic heterocycles. The lowest BCUT2D eigenvalue weighted by molar-refractivity contribution is -0.0893. The molecule has 9 heteroatoms. The number of phenols is 5. The zero-order valence-electron chi connectivity index (χ0n) is 19.1. The number of aromatic hydroxyl groups is 5. The van der Waals surface area contributed by atoms with Gasteiger partial charge < -0.3 is 35.3 Å². The maximum Gasteiger partial charge on any atom is 0.330 e. The topological polar surface area (TPSA) is 144 Å². The monoisotopic (exact) mass is 452 g/mol. The summed E-state index contributed by atoms with van der Waals surface area (Å²) in [6.07, 6.45) is 1.39. The van der Waals surface area contributed by atoms with Crippen molar-refractivity contribution >= 4 is 12.9 Å². The van der Waals surface area contributed by atoms with Gasteiger partial charge in [-0.25, -0.2) is 0 Å². The van der Waals surface area contributed by atoms with Gasteiger partial charge in [0, 0.05) is 17.3 Å².